The summed E-state index contributed by atoms with van der Waals surface area (Å²) in [5, 5.41) is 0.831. The highest BCUT2D eigenvalue weighted by atomic mass is 35.5. The number of ketones is 1. The zero-order valence-electron chi connectivity index (χ0n) is 14.9. The molecule has 4 nitrogen and oxygen atoms in total. The van der Waals surface area contributed by atoms with E-state index in [-0.39, 0.29) is 11.6 Å². The molecule has 0 aliphatic carbocycles. The highest BCUT2D eigenvalue weighted by Gasteiger charge is 2.39. The number of nitrogens with zero attached hydrogens (tertiary/aromatic N) is 1. The molecule has 2 aliphatic rings. The monoisotopic (exact) mass is 405 g/mol. The fourth-order valence-electron chi connectivity index (χ4n) is 3.66. The molecule has 27 heavy (non-hydrogen) atoms. The molecule has 0 N–H and O–H groups in total. The standard InChI is InChI=1S/C21H21Cl2NO3/c22-18-6-5-17(13-19(18)23)20(25)16-3-1-15(2-4-16)14-24-9-7-21(8-10-24)26-11-12-27-21/h1-6,13H,7-12,14H2. The molecule has 0 saturated carbocycles. The Morgan fingerprint density at radius 1 is 0.926 bits per heavy atom. The van der Waals surface area contributed by atoms with Crippen LogP contribution in [0.25, 0.3) is 0 Å². The van der Waals surface area contributed by atoms with Crippen LogP contribution in [0, 0.1) is 0 Å². The first kappa shape index (κ1) is 18.9. The van der Waals surface area contributed by atoms with Crippen molar-refractivity contribution < 1.29 is 14.3 Å². The average molecular weight is 406 g/mol. The van der Waals surface area contributed by atoms with E-state index in [9.17, 15) is 4.79 Å². The Kier molecular flexibility index (Phi) is 5.53. The molecular weight excluding hydrogens is 385 g/mol. The molecule has 2 saturated heterocycles. The summed E-state index contributed by atoms with van der Waals surface area (Å²) in [5.41, 5.74) is 2.36. The van der Waals surface area contributed by atoms with Gasteiger partial charge in [0.15, 0.2) is 11.6 Å². The van der Waals surface area contributed by atoms with Crippen molar-refractivity contribution in [1.82, 2.24) is 4.90 Å². The van der Waals surface area contributed by atoms with E-state index >= 15 is 0 Å². The number of carbonyl (C=O) groups is 1. The fourth-order valence-corrected chi connectivity index (χ4v) is 3.96. The number of benzene rings is 2. The molecular formula is C21H21Cl2NO3. The Hall–Kier alpha value is -1.43. The quantitative estimate of drug-likeness (QED) is 0.698. The molecule has 2 aromatic rings. The van der Waals surface area contributed by atoms with E-state index in [2.05, 4.69) is 4.90 Å². The SMILES string of the molecule is O=C(c1ccc(CN2CCC3(CC2)OCCO3)cc1)c1ccc(Cl)c(Cl)c1. The highest BCUT2D eigenvalue weighted by Crippen LogP contribution is 2.31. The van der Waals surface area contributed by atoms with Crippen LogP contribution in [0.3, 0.4) is 0 Å². The zero-order chi connectivity index (χ0) is 18.9. The van der Waals surface area contributed by atoms with Gasteiger partial charge in [0.05, 0.1) is 23.3 Å². The average Bonchev–Trinajstić information content (AvgIpc) is 3.14. The number of rotatable bonds is 4. The van der Waals surface area contributed by atoms with E-state index in [4.69, 9.17) is 32.7 Å². The summed E-state index contributed by atoms with van der Waals surface area (Å²) >= 11 is 11.9. The third-order valence-corrected chi connectivity index (χ3v) is 5.97. The van der Waals surface area contributed by atoms with Crippen LogP contribution < -0.4 is 0 Å². The predicted octanol–water partition coefficient (Wildman–Crippen LogP) is 4.56. The number of hydrogen-bond donors (Lipinski definition) is 0. The van der Waals surface area contributed by atoms with Gasteiger partial charge in [0.2, 0.25) is 0 Å². The number of likely N-dealkylation sites (tertiary alicyclic amines) is 1. The van der Waals surface area contributed by atoms with Crippen molar-refractivity contribution in [2.24, 2.45) is 0 Å². The van der Waals surface area contributed by atoms with Crippen molar-refractivity contribution in [3.05, 3.63) is 69.2 Å². The largest absolute Gasteiger partial charge is 0.347 e. The van der Waals surface area contributed by atoms with Gasteiger partial charge in [-0.05, 0) is 23.8 Å². The lowest BCUT2D eigenvalue weighted by Crippen LogP contribution is -2.44. The van der Waals surface area contributed by atoms with E-state index in [0.29, 0.717) is 34.4 Å². The number of hydrogen-bond acceptors (Lipinski definition) is 4. The number of carbonyl (C=O) groups excluding carboxylic acids is 1. The van der Waals surface area contributed by atoms with Crippen molar-refractivity contribution in [3.8, 4) is 0 Å². The lowest BCUT2D eigenvalue weighted by Gasteiger charge is -2.37. The first-order chi connectivity index (χ1) is 13.0. The van der Waals surface area contributed by atoms with E-state index in [0.717, 1.165) is 32.5 Å². The molecule has 0 aromatic heterocycles. The molecule has 0 radical (unpaired) electrons. The normalized spacial score (nSPS) is 19.5. The van der Waals surface area contributed by atoms with Crippen LogP contribution in [0.4, 0.5) is 0 Å². The zero-order valence-corrected chi connectivity index (χ0v) is 16.4. The third kappa shape index (κ3) is 4.20. The van der Waals surface area contributed by atoms with Crippen molar-refractivity contribution in [1.29, 1.82) is 0 Å². The molecule has 1 spiro atoms. The first-order valence-electron chi connectivity index (χ1n) is 9.14. The Morgan fingerprint density at radius 3 is 2.19 bits per heavy atom. The molecule has 4 rings (SSSR count). The molecule has 0 atom stereocenters. The Labute approximate surface area is 169 Å². The van der Waals surface area contributed by atoms with Gasteiger partial charge in [0.25, 0.3) is 0 Å². The van der Waals surface area contributed by atoms with Crippen molar-refractivity contribution in [3.63, 3.8) is 0 Å². The first-order valence-corrected chi connectivity index (χ1v) is 9.89. The lowest BCUT2D eigenvalue weighted by molar-refractivity contribution is -0.185. The Balaban J connectivity index is 1.37. The van der Waals surface area contributed by atoms with Gasteiger partial charge in [-0.15, -0.1) is 0 Å². The smallest absolute Gasteiger partial charge is 0.193 e. The molecule has 142 valence electrons. The van der Waals surface area contributed by atoms with E-state index in [1.165, 1.54) is 5.56 Å². The molecule has 2 heterocycles. The van der Waals surface area contributed by atoms with Gasteiger partial charge < -0.3 is 9.47 Å². The van der Waals surface area contributed by atoms with Gasteiger partial charge >= 0.3 is 0 Å². The van der Waals surface area contributed by atoms with Crippen molar-refractivity contribution in [2.45, 2.75) is 25.2 Å². The van der Waals surface area contributed by atoms with Crippen LogP contribution >= 0.6 is 23.2 Å². The van der Waals surface area contributed by atoms with Crippen LogP contribution in [0.5, 0.6) is 0 Å². The summed E-state index contributed by atoms with van der Waals surface area (Å²) < 4.78 is 11.6. The van der Waals surface area contributed by atoms with Crippen molar-refractivity contribution >= 4 is 29.0 Å². The molecule has 0 unspecified atom stereocenters. The fraction of sp³-hybridized carbons (Fsp3) is 0.381. The minimum absolute atomic E-state index is 0.0597. The maximum absolute atomic E-state index is 12.6. The van der Waals surface area contributed by atoms with Gasteiger partial charge in [-0.2, -0.15) is 0 Å². The van der Waals surface area contributed by atoms with E-state index < -0.39 is 0 Å². The highest BCUT2D eigenvalue weighted by molar-refractivity contribution is 6.42. The molecule has 6 heteroatoms. The van der Waals surface area contributed by atoms with Crippen LogP contribution in [-0.4, -0.2) is 42.8 Å². The molecule has 2 aromatic carbocycles. The second kappa shape index (κ2) is 7.90. The van der Waals surface area contributed by atoms with Gasteiger partial charge in [0, 0.05) is 43.6 Å². The second-order valence-corrected chi connectivity index (χ2v) is 7.85. The molecule has 0 amide bonds. The maximum Gasteiger partial charge on any atom is 0.193 e. The lowest BCUT2D eigenvalue weighted by atomic mass is 10.0. The Bertz CT molecular complexity index is 822. The van der Waals surface area contributed by atoms with E-state index in [1.54, 1.807) is 18.2 Å². The summed E-state index contributed by atoms with van der Waals surface area (Å²) in [4.78, 5) is 15.0. The summed E-state index contributed by atoms with van der Waals surface area (Å²) in [6, 6.07) is 12.7. The minimum atomic E-state index is -0.341. The van der Waals surface area contributed by atoms with Crippen LogP contribution in [0.1, 0.15) is 34.3 Å². The summed E-state index contributed by atoms with van der Waals surface area (Å²) in [5.74, 6) is -0.400. The molecule has 0 bridgehead atoms. The van der Waals surface area contributed by atoms with Crippen molar-refractivity contribution in [2.75, 3.05) is 26.3 Å². The van der Waals surface area contributed by atoms with Crippen LogP contribution in [0.2, 0.25) is 10.0 Å². The molecule has 2 aliphatic heterocycles. The number of halogens is 2. The van der Waals surface area contributed by atoms with Gasteiger partial charge in [-0.25, -0.2) is 0 Å². The Morgan fingerprint density at radius 2 is 1.56 bits per heavy atom. The summed E-state index contributed by atoms with van der Waals surface area (Å²) in [6.45, 7) is 4.16. The van der Waals surface area contributed by atoms with E-state index in [1.807, 2.05) is 24.3 Å². The minimum Gasteiger partial charge on any atom is -0.347 e. The number of piperidine rings is 1. The van der Waals surface area contributed by atoms with Gasteiger partial charge in [0.1, 0.15) is 0 Å². The van der Waals surface area contributed by atoms with Gasteiger partial charge in [-0.1, -0.05) is 47.5 Å². The van der Waals surface area contributed by atoms with Gasteiger partial charge in [-0.3, -0.25) is 9.69 Å². The molecule has 2 fully saturated rings. The summed E-state index contributed by atoms with van der Waals surface area (Å²) in [7, 11) is 0. The maximum atomic E-state index is 12.6. The second-order valence-electron chi connectivity index (χ2n) is 7.04. The topological polar surface area (TPSA) is 38.8 Å². The third-order valence-electron chi connectivity index (χ3n) is 5.24. The van der Waals surface area contributed by atoms with Crippen LogP contribution in [0.15, 0.2) is 42.5 Å². The summed E-state index contributed by atoms with van der Waals surface area (Å²) in [6.07, 6.45) is 1.81. The van der Waals surface area contributed by atoms with Crippen LogP contribution in [-0.2, 0) is 16.0 Å². The number of ether oxygens (including phenoxy) is 2. The predicted molar refractivity (Wildman–Crippen MR) is 105 cm³/mol.